The molecule has 0 radical (unpaired) electrons. The van der Waals surface area contributed by atoms with Gasteiger partial charge in [-0.1, -0.05) is 5.92 Å². The Morgan fingerprint density at radius 2 is 2.00 bits per heavy atom. The second-order valence-electron chi connectivity index (χ2n) is 8.38. The van der Waals surface area contributed by atoms with Crippen LogP contribution in [-0.2, 0) is 4.79 Å². The number of nitrogens with zero attached hydrogens (tertiary/aromatic N) is 5. The first kappa shape index (κ1) is 23.7. The molecule has 0 saturated carbocycles. The van der Waals surface area contributed by atoms with Crippen LogP contribution in [0.2, 0.25) is 0 Å². The van der Waals surface area contributed by atoms with E-state index in [1.807, 2.05) is 74.3 Å². The number of rotatable bonds is 6. The summed E-state index contributed by atoms with van der Waals surface area (Å²) >= 11 is 0. The number of carbonyl (C=O) groups is 1. The number of benzene rings is 2. The van der Waals surface area contributed by atoms with Crippen LogP contribution in [0.4, 0.5) is 17.2 Å². The number of hydrogen-bond donors (Lipinski definition) is 2. The first-order valence-electron chi connectivity index (χ1n) is 11.1. The van der Waals surface area contributed by atoms with Crippen molar-refractivity contribution in [1.29, 1.82) is 0 Å². The number of ether oxygens (including phenoxy) is 1. The highest BCUT2D eigenvalue weighted by Crippen LogP contribution is 2.29. The number of nitrogens with one attached hydrogen (secondary N) is 2. The lowest BCUT2D eigenvalue weighted by atomic mass is 10.1. The van der Waals surface area contributed by atoms with E-state index < -0.39 is 0 Å². The molecule has 0 saturated heterocycles. The molecular formula is C26H27N7O2. The van der Waals surface area contributed by atoms with Crippen molar-refractivity contribution in [3.63, 3.8) is 0 Å². The van der Waals surface area contributed by atoms with E-state index in [0.29, 0.717) is 23.9 Å². The molecule has 9 nitrogen and oxygen atoms in total. The zero-order valence-corrected chi connectivity index (χ0v) is 20.2. The summed E-state index contributed by atoms with van der Waals surface area (Å²) in [7, 11) is 5.75. The standard InChI is InChI=1S/C26H27N7O2/c1-18-14-19(8-10-23(18)35-25-11-13-33(4)17-29-25)31-26-21-15-20(7-9-22(21)27-16-28-26)30-24(34)6-5-12-32(2)3/h7-11,14-17H,12-13H2,1-4H3,(H,30,34)(H,27,28,31). The van der Waals surface area contributed by atoms with Crippen LogP contribution in [0.5, 0.6) is 5.75 Å². The van der Waals surface area contributed by atoms with Crippen molar-refractivity contribution >= 4 is 40.3 Å². The third-order valence-corrected chi connectivity index (χ3v) is 5.08. The maximum Gasteiger partial charge on any atom is 0.300 e. The van der Waals surface area contributed by atoms with Crippen LogP contribution in [0.3, 0.4) is 0 Å². The van der Waals surface area contributed by atoms with E-state index in [4.69, 9.17) is 4.74 Å². The van der Waals surface area contributed by atoms with Crippen molar-refractivity contribution in [3.8, 4) is 17.6 Å². The van der Waals surface area contributed by atoms with Gasteiger partial charge in [0.25, 0.3) is 5.91 Å². The van der Waals surface area contributed by atoms with Crippen molar-refractivity contribution in [1.82, 2.24) is 19.8 Å². The summed E-state index contributed by atoms with van der Waals surface area (Å²) < 4.78 is 5.93. The van der Waals surface area contributed by atoms with Gasteiger partial charge < -0.3 is 20.3 Å². The second kappa shape index (κ2) is 10.7. The smallest absolute Gasteiger partial charge is 0.300 e. The zero-order valence-electron chi connectivity index (χ0n) is 20.2. The molecule has 1 aromatic heterocycles. The molecule has 35 heavy (non-hydrogen) atoms. The molecule has 0 unspecified atom stereocenters. The minimum absolute atomic E-state index is 0.368. The Morgan fingerprint density at radius 1 is 1.17 bits per heavy atom. The van der Waals surface area contributed by atoms with Gasteiger partial charge in [0.1, 0.15) is 17.9 Å². The summed E-state index contributed by atoms with van der Waals surface area (Å²) in [6.45, 7) is 3.24. The number of anilines is 3. The minimum atomic E-state index is -0.368. The molecule has 1 aliphatic heterocycles. The largest absolute Gasteiger partial charge is 0.439 e. The topological polar surface area (TPSA) is 95.0 Å². The van der Waals surface area contributed by atoms with Gasteiger partial charge in [0, 0.05) is 30.4 Å². The normalized spacial score (nSPS) is 12.7. The number of carbonyl (C=O) groups excluding carboxylic acids is 1. The van der Waals surface area contributed by atoms with Crippen LogP contribution in [-0.4, -0.2) is 66.2 Å². The molecule has 1 amide bonds. The number of aliphatic imine (C=N–C) groups is 1. The van der Waals surface area contributed by atoms with Crippen LogP contribution in [0.15, 0.2) is 59.7 Å². The molecule has 2 heterocycles. The molecule has 4 rings (SSSR count). The molecule has 0 atom stereocenters. The summed E-state index contributed by atoms with van der Waals surface area (Å²) in [5, 5.41) is 6.93. The summed E-state index contributed by atoms with van der Waals surface area (Å²) in [4.78, 5) is 29.1. The van der Waals surface area contributed by atoms with Crippen molar-refractivity contribution in [2.75, 3.05) is 44.9 Å². The van der Waals surface area contributed by atoms with Crippen LogP contribution >= 0.6 is 0 Å². The number of aromatic nitrogens is 2. The first-order valence-corrected chi connectivity index (χ1v) is 11.1. The fourth-order valence-electron chi connectivity index (χ4n) is 3.31. The quantitative estimate of drug-likeness (QED) is 0.535. The zero-order chi connectivity index (χ0) is 24.8. The number of amides is 1. The lowest BCUT2D eigenvalue weighted by Gasteiger charge is -2.17. The molecule has 0 bridgehead atoms. The Labute approximate surface area is 204 Å². The lowest BCUT2D eigenvalue weighted by Crippen LogP contribution is -2.20. The molecule has 9 heteroatoms. The lowest BCUT2D eigenvalue weighted by molar-refractivity contribution is -0.111. The Kier molecular flexibility index (Phi) is 7.24. The van der Waals surface area contributed by atoms with Crippen LogP contribution in [0, 0.1) is 18.8 Å². The maximum absolute atomic E-state index is 12.2. The Hall–Kier alpha value is -4.42. The number of fused-ring (bicyclic) bond motifs is 1. The van der Waals surface area contributed by atoms with Gasteiger partial charge in [-0.25, -0.2) is 15.0 Å². The third kappa shape index (κ3) is 6.34. The maximum atomic E-state index is 12.2. The fourth-order valence-corrected chi connectivity index (χ4v) is 3.31. The third-order valence-electron chi connectivity index (χ3n) is 5.08. The summed E-state index contributed by atoms with van der Waals surface area (Å²) in [6, 6.07) is 11.3. The number of likely N-dealkylation sites (N-methyl/N-ethyl adjacent to an activating group) is 1. The van der Waals surface area contributed by atoms with Crippen LogP contribution < -0.4 is 15.4 Å². The van der Waals surface area contributed by atoms with Gasteiger partial charge in [-0.15, -0.1) is 0 Å². The van der Waals surface area contributed by atoms with Gasteiger partial charge in [0.05, 0.1) is 18.4 Å². The average molecular weight is 470 g/mol. The minimum Gasteiger partial charge on any atom is -0.439 e. The van der Waals surface area contributed by atoms with E-state index in [1.165, 1.54) is 6.33 Å². The van der Waals surface area contributed by atoms with Crippen LogP contribution in [0.1, 0.15) is 5.56 Å². The highest BCUT2D eigenvalue weighted by Gasteiger charge is 2.10. The molecule has 0 fully saturated rings. The SMILES string of the molecule is Cc1cc(Nc2ncnc3ccc(NC(=O)C#CCN(C)C)cc23)ccc1OC1=CCN(C)C=N1. The predicted octanol–water partition coefficient (Wildman–Crippen LogP) is 3.38. The van der Waals surface area contributed by atoms with Gasteiger partial charge in [-0.3, -0.25) is 9.69 Å². The number of aryl methyl sites for hydroxylation is 1. The van der Waals surface area contributed by atoms with E-state index in [-0.39, 0.29) is 5.91 Å². The Morgan fingerprint density at radius 3 is 2.74 bits per heavy atom. The van der Waals surface area contributed by atoms with Crippen molar-refractivity contribution in [2.24, 2.45) is 4.99 Å². The summed E-state index contributed by atoms with van der Waals surface area (Å²) in [5.74, 6) is 6.99. The van der Waals surface area contributed by atoms with Gasteiger partial charge in [-0.05, 0) is 75.0 Å². The van der Waals surface area contributed by atoms with Gasteiger partial charge in [0.15, 0.2) is 0 Å². The van der Waals surface area contributed by atoms with Gasteiger partial charge >= 0.3 is 0 Å². The molecule has 2 N–H and O–H groups in total. The molecular weight excluding hydrogens is 442 g/mol. The summed E-state index contributed by atoms with van der Waals surface area (Å²) in [6.07, 6.45) is 5.18. The van der Waals surface area contributed by atoms with E-state index >= 15 is 0 Å². The van der Waals surface area contributed by atoms with E-state index in [2.05, 4.69) is 37.4 Å². The van der Waals surface area contributed by atoms with Gasteiger partial charge in [0.2, 0.25) is 5.88 Å². The molecule has 178 valence electrons. The molecule has 2 aromatic carbocycles. The van der Waals surface area contributed by atoms with Crippen molar-refractivity contribution in [3.05, 3.63) is 60.2 Å². The number of hydrogen-bond acceptors (Lipinski definition) is 8. The summed E-state index contributed by atoms with van der Waals surface area (Å²) in [5.41, 5.74) is 3.17. The van der Waals surface area contributed by atoms with Gasteiger partial charge in [-0.2, -0.15) is 0 Å². The Balaban J connectivity index is 1.51. The molecule has 3 aromatic rings. The Bertz CT molecular complexity index is 1370. The predicted molar refractivity (Wildman–Crippen MR) is 139 cm³/mol. The van der Waals surface area contributed by atoms with Crippen molar-refractivity contribution < 1.29 is 9.53 Å². The van der Waals surface area contributed by atoms with E-state index in [9.17, 15) is 4.79 Å². The molecule has 1 aliphatic rings. The van der Waals surface area contributed by atoms with E-state index in [1.54, 1.807) is 12.4 Å². The van der Waals surface area contributed by atoms with E-state index in [0.717, 1.165) is 34.4 Å². The average Bonchev–Trinajstić information content (AvgIpc) is 2.82. The monoisotopic (exact) mass is 469 g/mol. The highest BCUT2D eigenvalue weighted by atomic mass is 16.5. The van der Waals surface area contributed by atoms with Crippen LogP contribution in [0.25, 0.3) is 10.9 Å². The second-order valence-corrected chi connectivity index (χ2v) is 8.38. The van der Waals surface area contributed by atoms with Crippen molar-refractivity contribution in [2.45, 2.75) is 6.92 Å². The molecule has 0 aliphatic carbocycles. The first-order chi connectivity index (χ1) is 16.9. The fraction of sp³-hybridized carbons (Fsp3) is 0.231. The molecule has 0 spiro atoms. The highest BCUT2D eigenvalue weighted by molar-refractivity contribution is 6.05.